The Balaban J connectivity index is 1.54. The van der Waals surface area contributed by atoms with Crippen LogP contribution in [0.1, 0.15) is 15.9 Å². The molecule has 4 N–H and O–H groups in total. The summed E-state index contributed by atoms with van der Waals surface area (Å²) in [6.45, 7) is 1.96. The van der Waals surface area contributed by atoms with Gasteiger partial charge >= 0.3 is 0 Å². The van der Waals surface area contributed by atoms with Crippen LogP contribution < -0.4 is 16.4 Å². The number of hydrogen-bond donors (Lipinski definition) is 3. The van der Waals surface area contributed by atoms with E-state index in [-0.39, 0.29) is 5.91 Å². The lowest BCUT2D eigenvalue weighted by Crippen LogP contribution is -2.13. The third-order valence-corrected chi connectivity index (χ3v) is 6.59. The van der Waals surface area contributed by atoms with E-state index in [0.29, 0.717) is 27.4 Å². The number of fused-ring (bicyclic) bond motifs is 2. The smallest absolute Gasteiger partial charge is 0.258 e. The summed E-state index contributed by atoms with van der Waals surface area (Å²) in [5.74, 6) is 0.829. The number of nitrogens with zero attached hydrogens (tertiary/aromatic N) is 3. The van der Waals surface area contributed by atoms with Gasteiger partial charge in [-0.3, -0.25) is 4.79 Å². The van der Waals surface area contributed by atoms with Crippen molar-refractivity contribution in [3.8, 4) is 0 Å². The summed E-state index contributed by atoms with van der Waals surface area (Å²) < 4.78 is 1.68. The molecule has 5 aromatic rings. The standard InChI is InChI=1S/C23H17BrN6OS/c1-12-5-6-16-15(7-8-26-22(16)29-14-4-2-3-13(24)9-14)18(12)30-23(31)17-10-32-20-19(17)27-11-28-21(20)25/h2-11H,1H3,(H,26,29)(H,30,31)(H2,25,27,28). The molecule has 5 rings (SSSR count). The van der Waals surface area contributed by atoms with E-state index < -0.39 is 0 Å². The van der Waals surface area contributed by atoms with Crippen molar-refractivity contribution in [2.45, 2.75) is 6.92 Å². The lowest BCUT2D eigenvalue weighted by Gasteiger charge is -2.15. The van der Waals surface area contributed by atoms with Crippen LogP contribution in [0.3, 0.4) is 0 Å². The number of aromatic nitrogens is 3. The number of rotatable bonds is 4. The van der Waals surface area contributed by atoms with Gasteiger partial charge in [0, 0.05) is 32.5 Å². The van der Waals surface area contributed by atoms with Crippen molar-refractivity contribution in [3.63, 3.8) is 0 Å². The number of carbonyl (C=O) groups excluding carboxylic acids is 1. The second-order valence-corrected chi connectivity index (χ2v) is 8.98. The molecule has 0 atom stereocenters. The first-order valence-corrected chi connectivity index (χ1v) is 11.4. The zero-order chi connectivity index (χ0) is 22.2. The molecular formula is C23H17BrN6OS. The first-order valence-electron chi connectivity index (χ1n) is 9.71. The van der Waals surface area contributed by atoms with Gasteiger partial charge in [0.25, 0.3) is 5.91 Å². The van der Waals surface area contributed by atoms with Gasteiger partial charge in [0.05, 0.1) is 21.5 Å². The van der Waals surface area contributed by atoms with Gasteiger partial charge < -0.3 is 16.4 Å². The van der Waals surface area contributed by atoms with E-state index in [1.807, 2.05) is 49.4 Å². The van der Waals surface area contributed by atoms with Crippen LogP contribution in [0.2, 0.25) is 0 Å². The maximum absolute atomic E-state index is 13.2. The molecule has 32 heavy (non-hydrogen) atoms. The van der Waals surface area contributed by atoms with Crippen molar-refractivity contribution in [2.75, 3.05) is 16.4 Å². The lowest BCUT2D eigenvalue weighted by atomic mass is 10.0. The Morgan fingerprint density at radius 3 is 2.81 bits per heavy atom. The van der Waals surface area contributed by atoms with E-state index in [1.54, 1.807) is 11.6 Å². The highest BCUT2D eigenvalue weighted by molar-refractivity contribution is 9.10. The van der Waals surface area contributed by atoms with Gasteiger partial charge in [-0.2, -0.15) is 0 Å². The number of nitrogens with two attached hydrogens (primary N) is 1. The molecule has 3 heterocycles. The molecule has 3 aromatic heterocycles. The Morgan fingerprint density at radius 2 is 1.97 bits per heavy atom. The molecule has 0 radical (unpaired) electrons. The molecule has 2 aromatic carbocycles. The summed E-state index contributed by atoms with van der Waals surface area (Å²) in [5, 5.41) is 9.98. The fourth-order valence-electron chi connectivity index (χ4n) is 3.54. The van der Waals surface area contributed by atoms with Crippen molar-refractivity contribution < 1.29 is 4.79 Å². The minimum atomic E-state index is -0.247. The Morgan fingerprint density at radius 1 is 1.09 bits per heavy atom. The Labute approximate surface area is 195 Å². The molecule has 7 nitrogen and oxygen atoms in total. The molecule has 0 bridgehead atoms. The molecule has 0 spiro atoms. The number of pyridine rings is 1. The van der Waals surface area contributed by atoms with Crippen molar-refractivity contribution in [2.24, 2.45) is 0 Å². The number of halogens is 1. The van der Waals surface area contributed by atoms with Crippen LogP contribution in [0.15, 0.2) is 64.8 Å². The number of thiophene rings is 1. The largest absolute Gasteiger partial charge is 0.382 e. The quantitative estimate of drug-likeness (QED) is 0.281. The van der Waals surface area contributed by atoms with E-state index in [2.05, 4.69) is 41.5 Å². The maximum Gasteiger partial charge on any atom is 0.258 e. The van der Waals surface area contributed by atoms with E-state index in [4.69, 9.17) is 5.73 Å². The Bertz CT molecular complexity index is 1500. The zero-order valence-corrected chi connectivity index (χ0v) is 19.3. The van der Waals surface area contributed by atoms with Crippen molar-refractivity contribution in [1.29, 1.82) is 0 Å². The van der Waals surface area contributed by atoms with Crippen LogP contribution in [-0.2, 0) is 0 Å². The van der Waals surface area contributed by atoms with Crippen LogP contribution >= 0.6 is 27.3 Å². The molecule has 0 unspecified atom stereocenters. The normalized spacial score (nSPS) is 11.1. The molecular weight excluding hydrogens is 488 g/mol. The Hall–Kier alpha value is -3.56. The number of hydrogen-bond acceptors (Lipinski definition) is 7. The third kappa shape index (κ3) is 3.65. The van der Waals surface area contributed by atoms with E-state index >= 15 is 0 Å². The number of anilines is 4. The first-order chi connectivity index (χ1) is 15.5. The number of aryl methyl sites for hydroxylation is 1. The van der Waals surface area contributed by atoms with Gasteiger partial charge in [-0.25, -0.2) is 15.0 Å². The van der Waals surface area contributed by atoms with Crippen molar-refractivity contribution >= 4 is 77.2 Å². The van der Waals surface area contributed by atoms with Gasteiger partial charge in [0.15, 0.2) is 0 Å². The second kappa shape index (κ2) is 8.18. The second-order valence-electron chi connectivity index (χ2n) is 7.19. The van der Waals surface area contributed by atoms with Crippen LogP contribution in [0.25, 0.3) is 21.0 Å². The van der Waals surface area contributed by atoms with Crippen LogP contribution in [0.4, 0.5) is 23.0 Å². The molecule has 158 valence electrons. The summed E-state index contributed by atoms with van der Waals surface area (Å²) in [5.41, 5.74) is 9.53. The monoisotopic (exact) mass is 504 g/mol. The molecule has 0 fully saturated rings. The number of nitrogens with one attached hydrogen (secondary N) is 2. The molecule has 9 heteroatoms. The first kappa shape index (κ1) is 20.3. The summed E-state index contributed by atoms with van der Waals surface area (Å²) in [6.07, 6.45) is 3.10. The number of benzene rings is 2. The molecule has 0 aliphatic carbocycles. The topological polar surface area (TPSA) is 106 Å². The number of nitrogen functional groups attached to an aromatic ring is 1. The van der Waals surface area contributed by atoms with E-state index in [9.17, 15) is 4.79 Å². The average Bonchev–Trinajstić information content (AvgIpc) is 3.22. The molecule has 1 amide bonds. The van der Waals surface area contributed by atoms with Crippen LogP contribution in [-0.4, -0.2) is 20.9 Å². The van der Waals surface area contributed by atoms with Crippen LogP contribution in [0, 0.1) is 6.92 Å². The maximum atomic E-state index is 13.2. The van der Waals surface area contributed by atoms with Gasteiger partial charge in [-0.1, -0.05) is 34.1 Å². The zero-order valence-electron chi connectivity index (χ0n) is 16.9. The highest BCUT2D eigenvalue weighted by Gasteiger charge is 2.18. The fourth-order valence-corrected chi connectivity index (χ4v) is 4.84. The van der Waals surface area contributed by atoms with Gasteiger partial charge in [-0.05, 0) is 36.8 Å². The third-order valence-electron chi connectivity index (χ3n) is 5.11. The minimum Gasteiger partial charge on any atom is -0.382 e. The molecule has 0 saturated heterocycles. The van der Waals surface area contributed by atoms with E-state index in [0.717, 1.165) is 32.2 Å². The molecule has 0 aliphatic rings. The summed E-state index contributed by atoms with van der Waals surface area (Å²) in [7, 11) is 0. The predicted molar refractivity (Wildman–Crippen MR) is 134 cm³/mol. The SMILES string of the molecule is Cc1ccc2c(Nc3cccc(Br)c3)nccc2c1NC(=O)c1csc2c(N)ncnc12. The lowest BCUT2D eigenvalue weighted by molar-refractivity contribution is 0.102. The summed E-state index contributed by atoms with van der Waals surface area (Å²) in [6, 6.07) is 13.7. The fraction of sp³-hybridized carbons (Fsp3) is 0.0435. The van der Waals surface area contributed by atoms with Crippen molar-refractivity contribution in [1.82, 2.24) is 15.0 Å². The summed E-state index contributed by atoms with van der Waals surface area (Å²) in [4.78, 5) is 25.9. The number of carbonyl (C=O) groups is 1. The number of amides is 1. The molecule has 0 saturated carbocycles. The van der Waals surface area contributed by atoms with Crippen LogP contribution in [0.5, 0.6) is 0 Å². The van der Waals surface area contributed by atoms with E-state index in [1.165, 1.54) is 17.7 Å². The molecule has 0 aliphatic heterocycles. The van der Waals surface area contributed by atoms with Gasteiger partial charge in [0.2, 0.25) is 0 Å². The highest BCUT2D eigenvalue weighted by Crippen LogP contribution is 2.34. The minimum absolute atomic E-state index is 0.247. The predicted octanol–water partition coefficient (Wildman–Crippen LogP) is 5.89. The summed E-state index contributed by atoms with van der Waals surface area (Å²) >= 11 is 4.85. The highest BCUT2D eigenvalue weighted by atomic mass is 79.9. The Kier molecular flexibility index (Phi) is 5.20. The average molecular weight is 505 g/mol. The van der Waals surface area contributed by atoms with Gasteiger partial charge in [0.1, 0.15) is 18.0 Å². The van der Waals surface area contributed by atoms with Crippen molar-refractivity contribution in [3.05, 3.63) is 76.0 Å². The van der Waals surface area contributed by atoms with Gasteiger partial charge in [-0.15, -0.1) is 11.3 Å².